The zero-order valence-electron chi connectivity index (χ0n) is 16.5. The highest BCUT2D eigenvalue weighted by molar-refractivity contribution is 6.13. The number of ketones is 1. The number of methoxy groups -OCH3 is 2. The molecule has 0 saturated heterocycles. The third kappa shape index (κ3) is 5.02. The van der Waals surface area contributed by atoms with Gasteiger partial charge in [-0.3, -0.25) is 9.59 Å². The molecule has 0 atom stereocenters. The van der Waals surface area contributed by atoms with Gasteiger partial charge in [-0.2, -0.15) is 0 Å². The second-order valence-electron chi connectivity index (χ2n) is 6.48. The summed E-state index contributed by atoms with van der Waals surface area (Å²) < 4.78 is 10.5. The van der Waals surface area contributed by atoms with E-state index in [2.05, 4.69) is 5.32 Å². The van der Waals surface area contributed by atoms with Crippen LogP contribution in [0.4, 0.5) is 5.69 Å². The maximum atomic E-state index is 12.8. The monoisotopic (exact) mass is 389 g/mol. The summed E-state index contributed by atoms with van der Waals surface area (Å²) in [5.41, 5.74) is 2.53. The van der Waals surface area contributed by atoms with Crippen LogP contribution in [0.3, 0.4) is 0 Å². The summed E-state index contributed by atoms with van der Waals surface area (Å²) in [6, 6.07) is 21.6. The van der Waals surface area contributed by atoms with E-state index in [1.54, 1.807) is 50.6 Å². The summed E-state index contributed by atoms with van der Waals surface area (Å²) in [6.45, 7) is 0. The lowest BCUT2D eigenvalue weighted by Crippen LogP contribution is -2.15. The Labute approximate surface area is 170 Å². The Bertz CT molecular complexity index is 999. The highest BCUT2D eigenvalue weighted by Crippen LogP contribution is 2.28. The molecule has 0 spiro atoms. The van der Waals surface area contributed by atoms with Crippen molar-refractivity contribution in [3.63, 3.8) is 0 Å². The summed E-state index contributed by atoms with van der Waals surface area (Å²) in [4.78, 5) is 25.3. The zero-order valence-corrected chi connectivity index (χ0v) is 16.5. The molecule has 3 rings (SSSR count). The van der Waals surface area contributed by atoms with Crippen molar-refractivity contribution in [1.29, 1.82) is 0 Å². The van der Waals surface area contributed by atoms with Gasteiger partial charge in [0, 0.05) is 17.5 Å². The van der Waals surface area contributed by atoms with E-state index >= 15 is 0 Å². The molecule has 0 aliphatic carbocycles. The molecule has 5 nitrogen and oxygen atoms in total. The van der Waals surface area contributed by atoms with Crippen LogP contribution in [0.2, 0.25) is 0 Å². The van der Waals surface area contributed by atoms with Gasteiger partial charge in [-0.05, 0) is 36.2 Å². The van der Waals surface area contributed by atoms with Crippen LogP contribution in [-0.2, 0) is 11.2 Å². The molecule has 0 fully saturated rings. The Hall–Kier alpha value is -3.60. The van der Waals surface area contributed by atoms with Gasteiger partial charge in [0.1, 0.15) is 0 Å². The summed E-state index contributed by atoms with van der Waals surface area (Å²) in [5.74, 6) is 0.993. The fourth-order valence-corrected chi connectivity index (χ4v) is 3.04. The Morgan fingerprint density at radius 2 is 1.52 bits per heavy atom. The predicted octanol–water partition coefficient (Wildman–Crippen LogP) is 4.51. The molecule has 1 amide bonds. The Kier molecular flexibility index (Phi) is 6.63. The number of carbonyl (C=O) groups excluding carboxylic acids is 2. The summed E-state index contributed by atoms with van der Waals surface area (Å²) >= 11 is 0. The fraction of sp³-hybridized carbons (Fsp3) is 0.167. The van der Waals surface area contributed by atoms with Crippen molar-refractivity contribution in [1.82, 2.24) is 0 Å². The minimum absolute atomic E-state index is 0.124. The lowest BCUT2D eigenvalue weighted by molar-refractivity contribution is -0.116. The number of nitrogens with one attached hydrogen (secondary N) is 1. The van der Waals surface area contributed by atoms with Gasteiger partial charge >= 0.3 is 0 Å². The molecule has 148 valence electrons. The summed E-state index contributed by atoms with van der Waals surface area (Å²) in [5, 5.41) is 2.87. The second kappa shape index (κ2) is 9.55. The van der Waals surface area contributed by atoms with E-state index in [0.29, 0.717) is 34.7 Å². The van der Waals surface area contributed by atoms with Gasteiger partial charge < -0.3 is 14.8 Å². The van der Waals surface area contributed by atoms with Crippen molar-refractivity contribution < 1.29 is 19.1 Å². The molecule has 3 aromatic rings. The zero-order chi connectivity index (χ0) is 20.6. The van der Waals surface area contributed by atoms with Gasteiger partial charge in [0.25, 0.3) is 0 Å². The molecule has 1 N–H and O–H groups in total. The fourth-order valence-electron chi connectivity index (χ4n) is 3.04. The molecular weight excluding hydrogens is 366 g/mol. The molecular formula is C24H23NO4. The van der Waals surface area contributed by atoms with Crippen molar-refractivity contribution in [2.45, 2.75) is 12.8 Å². The van der Waals surface area contributed by atoms with Gasteiger partial charge in [0.15, 0.2) is 17.3 Å². The number of aryl methyl sites for hydroxylation is 1. The van der Waals surface area contributed by atoms with E-state index in [1.165, 1.54) is 0 Å². The van der Waals surface area contributed by atoms with Crippen molar-refractivity contribution >= 4 is 17.4 Å². The molecule has 0 aliphatic rings. The first-order valence-electron chi connectivity index (χ1n) is 9.32. The first-order valence-corrected chi connectivity index (χ1v) is 9.32. The normalized spacial score (nSPS) is 10.3. The Morgan fingerprint density at radius 3 is 2.24 bits per heavy atom. The number of amides is 1. The van der Waals surface area contributed by atoms with E-state index in [-0.39, 0.29) is 18.1 Å². The smallest absolute Gasteiger partial charge is 0.224 e. The number of hydrogen-bond acceptors (Lipinski definition) is 4. The molecule has 0 aromatic heterocycles. The molecule has 0 heterocycles. The summed E-state index contributed by atoms with van der Waals surface area (Å²) in [7, 11) is 3.16. The van der Waals surface area contributed by atoms with Crippen LogP contribution in [0.25, 0.3) is 0 Å². The van der Waals surface area contributed by atoms with Gasteiger partial charge in [-0.1, -0.05) is 48.5 Å². The van der Waals surface area contributed by atoms with Crippen LogP contribution in [-0.4, -0.2) is 25.9 Å². The molecule has 0 saturated carbocycles. The number of ether oxygens (including phenoxy) is 2. The van der Waals surface area contributed by atoms with Gasteiger partial charge in [-0.15, -0.1) is 0 Å². The molecule has 0 bridgehead atoms. The van der Waals surface area contributed by atoms with Crippen LogP contribution < -0.4 is 14.8 Å². The van der Waals surface area contributed by atoms with E-state index in [0.717, 1.165) is 5.56 Å². The summed E-state index contributed by atoms with van der Waals surface area (Å²) in [6.07, 6.45) is 0.824. The third-order valence-corrected chi connectivity index (χ3v) is 4.57. The van der Waals surface area contributed by atoms with Gasteiger partial charge in [0.2, 0.25) is 5.91 Å². The predicted molar refractivity (Wildman–Crippen MR) is 113 cm³/mol. The molecule has 0 aliphatic heterocycles. The minimum atomic E-state index is -0.159. The van der Waals surface area contributed by atoms with Crippen LogP contribution in [0.1, 0.15) is 27.9 Å². The van der Waals surface area contributed by atoms with Crippen LogP contribution in [0, 0.1) is 0 Å². The average molecular weight is 389 g/mol. The maximum absolute atomic E-state index is 12.8. The third-order valence-electron chi connectivity index (χ3n) is 4.57. The second-order valence-corrected chi connectivity index (χ2v) is 6.48. The van der Waals surface area contributed by atoms with E-state index in [9.17, 15) is 9.59 Å². The van der Waals surface area contributed by atoms with E-state index in [1.807, 2.05) is 36.4 Å². The molecule has 0 radical (unpaired) electrons. The molecule has 3 aromatic carbocycles. The van der Waals surface area contributed by atoms with E-state index < -0.39 is 0 Å². The number of rotatable bonds is 8. The van der Waals surface area contributed by atoms with Crippen molar-refractivity contribution in [2.24, 2.45) is 0 Å². The number of benzene rings is 3. The quantitative estimate of drug-likeness (QED) is 0.576. The topological polar surface area (TPSA) is 64.6 Å². The van der Waals surface area contributed by atoms with Crippen molar-refractivity contribution in [2.75, 3.05) is 19.5 Å². The molecule has 5 heteroatoms. The Morgan fingerprint density at radius 1 is 0.828 bits per heavy atom. The van der Waals surface area contributed by atoms with Gasteiger partial charge in [-0.25, -0.2) is 0 Å². The first-order chi connectivity index (χ1) is 14.1. The first kappa shape index (κ1) is 20.1. The Balaban J connectivity index is 1.68. The SMILES string of the molecule is COc1ccc(CCC(=O)Nc2ccccc2C(=O)c2ccccc2)cc1OC. The number of para-hydroxylation sites is 1. The standard InChI is InChI=1S/C24H23NO4/c1-28-21-14-12-17(16-22(21)29-2)13-15-23(26)25-20-11-7-6-10-19(20)24(27)18-8-4-3-5-9-18/h3-12,14,16H,13,15H2,1-2H3,(H,25,26). The van der Waals surface area contributed by atoms with Crippen LogP contribution in [0.5, 0.6) is 11.5 Å². The minimum Gasteiger partial charge on any atom is -0.493 e. The lowest BCUT2D eigenvalue weighted by atomic mass is 10.0. The number of hydrogen-bond donors (Lipinski definition) is 1. The maximum Gasteiger partial charge on any atom is 0.224 e. The largest absolute Gasteiger partial charge is 0.493 e. The molecule has 0 unspecified atom stereocenters. The highest BCUT2D eigenvalue weighted by Gasteiger charge is 2.15. The van der Waals surface area contributed by atoms with Gasteiger partial charge in [0.05, 0.1) is 19.9 Å². The average Bonchev–Trinajstić information content (AvgIpc) is 2.78. The highest BCUT2D eigenvalue weighted by atomic mass is 16.5. The molecule has 29 heavy (non-hydrogen) atoms. The van der Waals surface area contributed by atoms with E-state index in [4.69, 9.17) is 9.47 Å². The van der Waals surface area contributed by atoms with Crippen molar-refractivity contribution in [3.05, 3.63) is 89.5 Å². The number of anilines is 1. The van der Waals surface area contributed by atoms with Crippen LogP contribution >= 0.6 is 0 Å². The van der Waals surface area contributed by atoms with Crippen molar-refractivity contribution in [3.8, 4) is 11.5 Å². The lowest BCUT2D eigenvalue weighted by Gasteiger charge is -2.11. The number of carbonyl (C=O) groups is 2. The van der Waals surface area contributed by atoms with Crippen LogP contribution in [0.15, 0.2) is 72.8 Å².